The topological polar surface area (TPSA) is 17.8 Å². The minimum absolute atomic E-state index is 0.449. The second-order valence-corrected chi connectivity index (χ2v) is 8.99. The maximum Gasteiger partial charge on any atom is 0.0945 e. The maximum atomic E-state index is 4.25. The van der Waals surface area contributed by atoms with E-state index in [1.807, 2.05) is 12.5 Å². The number of imidazole rings is 1. The van der Waals surface area contributed by atoms with Crippen LogP contribution in [0, 0.1) is 17.3 Å². The van der Waals surface area contributed by atoms with Gasteiger partial charge in [0, 0.05) is 18.9 Å². The smallest absolute Gasteiger partial charge is 0.0945 e. The number of hydrogen-bond donors (Lipinski definition) is 0. The molecule has 0 aliphatic heterocycles. The summed E-state index contributed by atoms with van der Waals surface area (Å²) in [7, 11) is 0. The number of fused-ring (bicyclic) bond motifs is 1. The Morgan fingerprint density at radius 2 is 1.96 bits per heavy atom. The summed E-state index contributed by atoms with van der Waals surface area (Å²) in [6, 6.07) is 15.7. The van der Waals surface area contributed by atoms with Crippen molar-refractivity contribution in [3.05, 3.63) is 66.7 Å². The third kappa shape index (κ3) is 3.56. The first-order valence-electron chi connectivity index (χ1n) is 9.96. The highest BCUT2D eigenvalue weighted by Gasteiger charge is 2.37. The Balaban J connectivity index is 1.61. The highest BCUT2D eigenvalue weighted by atomic mass is 15.0. The molecule has 1 saturated carbocycles. The van der Waals surface area contributed by atoms with Crippen molar-refractivity contribution in [2.45, 2.75) is 52.5 Å². The molecule has 4 rings (SSSR count). The number of benzene rings is 2. The molecule has 0 radical (unpaired) electrons. The third-order valence-corrected chi connectivity index (χ3v) is 6.52. The molecule has 0 N–H and O–H groups in total. The van der Waals surface area contributed by atoms with E-state index >= 15 is 0 Å². The molecule has 1 aromatic heterocycles. The molecule has 1 aliphatic carbocycles. The van der Waals surface area contributed by atoms with Gasteiger partial charge in [-0.15, -0.1) is 0 Å². The van der Waals surface area contributed by atoms with E-state index in [-0.39, 0.29) is 0 Å². The molecule has 0 amide bonds. The molecule has 1 aliphatic rings. The van der Waals surface area contributed by atoms with E-state index in [4.69, 9.17) is 0 Å². The first-order valence-corrected chi connectivity index (χ1v) is 9.96. The van der Waals surface area contributed by atoms with Crippen molar-refractivity contribution in [3.8, 4) is 0 Å². The van der Waals surface area contributed by atoms with Crippen LogP contribution < -0.4 is 0 Å². The second-order valence-electron chi connectivity index (χ2n) is 8.99. The first kappa shape index (κ1) is 17.3. The van der Waals surface area contributed by atoms with Gasteiger partial charge in [-0.1, -0.05) is 63.2 Å². The maximum absolute atomic E-state index is 4.25. The monoisotopic (exact) mass is 346 g/mol. The zero-order valence-corrected chi connectivity index (χ0v) is 16.2. The minimum Gasteiger partial charge on any atom is -0.337 e. The predicted molar refractivity (Wildman–Crippen MR) is 109 cm³/mol. The number of hydrogen-bond acceptors (Lipinski definition) is 1. The van der Waals surface area contributed by atoms with Crippen LogP contribution in [0.15, 0.2) is 61.2 Å². The second kappa shape index (κ2) is 6.90. The summed E-state index contributed by atoms with van der Waals surface area (Å²) in [6.45, 7) is 8.40. The molecule has 1 fully saturated rings. The van der Waals surface area contributed by atoms with Crippen LogP contribution in [0.3, 0.4) is 0 Å². The SMILES string of the molecule is CC(c1ccc2ccccc2c1)C1CCC(C)(C)CC1Cn1ccnc1. The molecule has 0 saturated heterocycles. The van der Waals surface area contributed by atoms with Crippen LogP contribution in [0.2, 0.25) is 0 Å². The molecule has 2 heteroatoms. The molecule has 3 aromatic rings. The Morgan fingerprint density at radius 3 is 2.73 bits per heavy atom. The lowest BCUT2D eigenvalue weighted by Gasteiger charge is -2.43. The average Bonchev–Trinajstić information content (AvgIpc) is 3.13. The van der Waals surface area contributed by atoms with Crippen LogP contribution in [0.25, 0.3) is 10.8 Å². The largest absolute Gasteiger partial charge is 0.337 e. The molecular weight excluding hydrogens is 316 g/mol. The standard InChI is InChI=1S/C24H30N2/c1-18(20-9-8-19-6-4-5-7-21(19)14-20)23-10-11-24(2,3)15-22(23)16-26-13-12-25-17-26/h4-9,12-14,17-18,22-23H,10-11,15-16H2,1-3H3. The predicted octanol–water partition coefficient (Wildman–Crippen LogP) is 6.28. The van der Waals surface area contributed by atoms with E-state index in [0.29, 0.717) is 17.3 Å². The summed E-state index contributed by atoms with van der Waals surface area (Å²) in [6.07, 6.45) is 9.93. The van der Waals surface area contributed by atoms with Gasteiger partial charge < -0.3 is 4.57 Å². The van der Waals surface area contributed by atoms with Gasteiger partial charge in [0.05, 0.1) is 6.33 Å². The summed E-state index contributed by atoms with van der Waals surface area (Å²) in [5, 5.41) is 2.70. The summed E-state index contributed by atoms with van der Waals surface area (Å²) in [5.74, 6) is 2.02. The van der Waals surface area contributed by atoms with Gasteiger partial charge >= 0.3 is 0 Å². The van der Waals surface area contributed by atoms with Gasteiger partial charge in [0.1, 0.15) is 0 Å². The Kier molecular flexibility index (Phi) is 4.60. The van der Waals surface area contributed by atoms with Gasteiger partial charge in [0.25, 0.3) is 0 Å². The molecule has 1 heterocycles. The fraction of sp³-hybridized carbons (Fsp3) is 0.458. The van der Waals surface area contributed by atoms with Crippen LogP contribution in [0.4, 0.5) is 0 Å². The van der Waals surface area contributed by atoms with E-state index in [0.717, 1.165) is 12.5 Å². The van der Waals surface area contributed by atoms with Crippen molar-refractivity contribution >= 4 is 10.8 Å². The Bertz CT molecular complexity index is 863. The molecule has 2 aromatic carbocycles. The highest BCUT2D eigenvalue weighted by Crippen LogP contribution is 2.47. The van der Waals surface area contributed by atoms with Crippen molar-refractivity contribution < 1.29 is 0 Å². The fourth-order valence-corrected chi connectivity index (χ4v) is 5.02. The number of rotatable bonds is 4. The van der Waals surface area contributed by atoms with E-state index in [1.54, 1.807) is 0 Å². The Labute approximate surface area is 157 Å². The fourth-order valence-electron chi connectivity index (χ4n) is 5.02. The summed E-state index contributed by atoms with van der Waals surface area (Å²) >= 11 is 0. The lowest BCUT2D eigenvalue weighted by atomic mass is 9.63. The van der Waals surface area contributed by atoms with Gasteiger partial charge in [-0.2, -0.15) is 0 Å². The van der Waals surface area contributed by atoms with Crippen molar-refractivity contribution in [1.82, 2.24) is 9.55 Å². The van der Waals surface area contributed by atoms with Crippen molar-refractivity contribution in [3.63, 3.8) is 0 Å². The van der Waals surface area contributed by atoms with Crippen LogP contribution in [-0.4, -0.2) is 9.55 Å². The first-order chi connectivity index (χ1) is 12.5. The molecular formula is C24H30N2. The van der Waals surface area contributed by atoms with Crippen molar-refractivity contribution in [2.75, 3.05) is 0 Å². The van der Waals surface area contributed by atoms with Gasteiger partial charge in [0.2, 0.25) is 0 Å². The number of aromatic nitrogens is 2. The van der Waals surface area contributed by atoms with E-state index in [2.05, 4.69) is 79.0 Å². The molecule has 3 atom stereocenters. The summed E-state index contributed by atoms with van der Waals surface area (Å²) in [4.78, 5) is 4.25. The molecule has 136 valence electrons. The molecule has 2 nitrogen and oxygen atoms in total. The van der Waals surface area contributed by atoms with E-state index in [9.17, 15) is 0 Å². The quantitative estimate of drug-likeness (QED) is 0.543. The van der Waals surface area contributed by atoms with Crippen molar-refractivity contribution in [1.29, 1.82) is 0 Å². The zero-order chi connectivity index (χ0) is 18.1. The highest BCUT2D eigenvalue weighted by molar-refractivity contribution is 5.83. The average molecular weight is 347 g/mol. The lowest BCUT2D eigenvalue weighted by Crippen LogP contribution is -2.35. The molecule has 0 bridgehead atoms. The van der Waals surface area contributed by atoms with E-state index in [1.165, 1.54) is 35.6 Å². The van der Waals surface area contributed by atoms with Crippen LogP contribution in [-0.2, 0) is 6.54 Å². The summed E-state index contributed by atoms with van der Waals surface area (Å²) in [5.41, 5.74) is 1.94. The van der Waals surface area contributed by atoms with Gasteiger partial charge in [-0.05, 0) is 58.8 Å². The Morgan fingerprint density at radius 1 is 1.15 bits per heavy atom. The van der Waals surface area contributed by atoms with Crippen LogP contribution >= 0.6 is 0 Å². The van der Waals surface area contributed by atoms with E-state index < -0.39 is 0 Å². The lowest BCUT2D eigenvalue weighted by molar-refractivity contribution is 0.0906. The minimum atomic E-state index is 0.449. The zero-order valence-electron chi connectivity index (χ0n) is 16.2. The molecule has 26 heavy (non-hydrogen) atoms. The normalized spacial score (nSPS) is 23.8. The van der Waals surface area contributed by atoms with Crippen LogP contribution in [0.5, 0.6) is 0 Å². The van der Waals surface area contributed by atoms with Crippen molar-refractivity contribution in [2.24, 2.45) is 17.3 Å². The summed E-state index contributed by atoms with van der Waals surface area (Å²) < 4.78 is 2.27. The van der Waals surface area contributed by atoms with Gasteiger partial charge in [0.15, 0.2) is 0 Å². The molecule has 0 spiro atoms. The molecule has 3 unspecified atom stereocenters. The Hall–Kier alpha value is -2.09. The third-order valence-electron chi connectivity index (χ3n) is 6.52. The number of nitrogens with zero attached hydrogens (tertiary/aromatic N) is 2. The van der Waals surface area contributed by atoms with Gasteiger partial charge in [-0.25, -0.2) is 4.98 Å². The van der Waals surface area contributed by atoms with Crippen LogP contribution in [0.1, 0.15) is 51.5 Å². The van der Waals surface area contributed by atoms with Gasteiger partial charge in [-0.3, -0.25) is 0 Å².